The fourth-order valence-corrected chi connectivity index (χ4v) is 0.285. The van der Waals surface area contributed by atoms with Gasteiger partial charge in [-0.15, -0.1) is 0 Å². The lowest BCUT2D eigenvalue weighted by Crippen LogP contribution is -1.91. The molecule has 0 fully saturated rings. The van der Waals surface area contributed by atoms with Gasteiger partial charge in [-0.25, -0.2) is 24.0 Å². The molecule has 0 unspecified atom stereocenters. The van der Waals surface area contributed by atoms with Gasteiger partial charge in [0.25, 0.3) is 0 Å². The number of rotatable bonds is 5. The maximum atomic E-state index is 9.55. The average molecular weight is 304 g/mol. The highest BCUT2D eigenvalue weighted by molar-refractivity contribution is 5.90. The van der Waals surface area contributed by atoms with Crippen LogP contribution < -0.4 is 0 Å². The molecule has 0 amide bonds. The minimum absolute atomic E-state index is 0.558. The van der Waals surface area contributed by atoms with Crippen LogP contribution in [-0.4, -0.2) is 55.4 Å². The van der Waals surface area contributed by atoms with Crippen LogP contribution in [-0.2, 0) is 24.0 Å². The standard InChI is InChI=1S/2C4H4O4.C3H4O2/c2*5-3(6)1-2-4(7)8;1-2-3(4)5/h2*1-2H,(H,5,6)(H,7,8);2H,1H2,(H,4,5)/b2*2-1-;. The molecule has 21 heavy (non-hydrogen) atoms. The van der Waals surface area contributed by atoms with Crippen molar-refractivity contribution in [2.45, 2.75) is 0 Å². The van der Waals surface area contributed by atoms with Crippen LogP contribution in [0.5, 0.6) is 0 Å². The highest BCUT2D eigenvalue weighted by atomic mass is 16.4. The molecule has 0 spiro atoms. The van der Waals surface area contributed by atoms with Crippen LogP contribution >= 0.6 is 0 Å². The Bertz CT molecular complexity index is 392. The Balaban J connectivity index is -0.000000239. The van der Waals surface area contributed by atoms with E-state index in [4.69, 9.17) is 25.5 Å². The highest BCUT2D eigenvalue weighted by Crippen LogP contribution is 1.71. The molecular formula is C11H12O10. The van der Waals surface area contributed by atoms with E-state index in [9.17, 15) is 24.0 Å². The molecule has 0 rings (SSSR count). The smallest absolute Gasteiger partial charge is 0.328 e. The first-order valence-electron chi connectivity index (χ1n) is 4.66. The van der Waals surface area contributed by atoms with Crippen molar-refractivity contribution in [3.8, 4) is 0 Å². The zero-order valence-corrected chi connectivity index (χ0v) is 10.4. The third kappa shape index (κ3) is 47.9. The maximum Gasteiger partial charge on any atom is 0.328 e. The third-order valence-corrected chi connectivity index (χ3v) is 0.912. The topological polar surface area (TPSA) is 186 Å². The van der Waals surface area contributed by atoms with Gasteiger partial charge < -0.3 is 25.5 Å². The van der Waals surface area contributed by atoms with E-state index in [1.54, 1.807) is 0 Å². The van der Waals surface area contributed by atoms with Crippen molar-refractivity contribution in [3.63, 3.8) is 0 Å². The van der Waals surface area contributed by atoms with Gasteiger partial charge >= 0.3 is 29.8 Å². The van der Waals surface area contributed by atoms with Crippen LogP contribution in [0.25, 0.3) is 0 Å². The Kier molecular flexibility index (Phi) is 15.8. The van der Waals surface area contributed by atoms with Gasteiger partial charge in [0.1, 0.15) is 0 Å². The monoisotopic (exact) mass is 304 g/mol. The van der Waals surface area contributed by atoms with Crippen molar-refractivity contribution >= 4 is 29.8 Å². The lowest BCUT2D eigenvalue weighted by Gasteiger charge is -1.74. The molecule has 0 aromatic heterocycles. The summed E-state index contributed by atoms with van der Waals surface area (Å²) in [6.07, 6.45) is 3.06. The largest absolute Gasteiger partial charge is 0.478 e. The zero-order chi connectivity index (χ0) is 17.4. The van der Waals surface area contributed by atoms with Crippen LogP contribution in [0.1, 0.15) is 0 Å². The number of carbonyl (C=O) groups is 5. The Morgan fingerprint density at radius 2 is 0.667 bits per heavy atom. The fraction of sp³-hybridized carbons (Fsp3) is 0. The van der Waals surface area contributed by atoms with E-state index in [0.717, 1.165) is 6.08 Å². The number of aliphatic carboxylic acids is 5. The minimum atomic E-state index is -1.26. The van der Waals surface area contributed by atoms with E-state index in [2.05, 4.69) is 6.58 Å². The number of carboxylic acid groups (broad SMARTS) is 5. The van der Waals surface area contributed by atoms with Crippen LogP contribution in [0, 0.1) is 0 Å². The predicted molar refractivity (Wildman–Crippen MR) is 66.7 cm³/mol. The summed E-state index contributed by atoms with van der Waals surface area (Å²) < 4.78 is 0. The highest BCUT2D eigenvalue weighted by Gasteiger charge is 1.88. The van der Waals surface area contributed by atoms with E-state index < -0.39 is 29.8 Å². The summed E-state index contributed by atoms with van der Waals surface area (Å²) in [5, 5.41) is 38.9. The van der Waals surface area contributed by atoms with Crippen molar-refractivity contribution < 1.29 is 49.5 Å². The molecule has 10 nitrogen and oxygen atoms in total. The zero-order valence-electron chi connectivity index (χ0n) is 10.4. The van der Waals surface area contributed by atoms with Gasteiger partial charge in [-0.2, -0.15) is 0 Å². The molecule has 0 aliphatic heterocycles. The summed E-state index contributed by atoms with van der Waals surface area (Å²) in [5.74, 6) is -6.01. The molecule has 0 saturated carbocycles. The van der Waals surface area contributed by atoms with E-state index in [1.165, 1.54) is 0 Å². The van der Waals surface area contributed by atoms with Crippen molar-refractivity contribution in [2.24, 2.45) is 0 Å². The molecule has 116 valence electrons. The van der Waals surface area contributed by atoms with Crippen LogP contribution in [0.3, 0.4) is 0 Å². The second-order valence-electron chi connectivity index (χ2n) is 2.56. The third-order valence-electron chi connectivity index (χ3n) is 0.912. The number of carboxylic acids is 5. The molecule has 0 aromatic carbocycles. The molecule has 0 aliphatic carbocycles. The molecular weight excluding hydrogens is 292 g/mol. The Morgan fingerprint density at radius 3 is 0.714 bits per heavy atom. The van der Waals surface area contributed by atoms with Crippen molar-refractivity contribution in [2.75, 3.05) is 0 Å². The quantitative estimate of drug-likeness (QED) is 0.421. The summed E-state index contributed by atoms with van der Waals surface area (Å²) in [5.41, 5.74) is 0. The number of hydrogen-bond donors (Lipinski definition) is 5. The average Bonchev–Trinajstić information content (AvgIpc) is 2.35. The first-order chi connectivity index (χ1) is 9.52. The molecule has 0 aromatic rings. The van der Waals surface area contributed by atoms with Gasteiger partial charge in [-0.3, -0.25) is 0 Å². The normalized spacial score (nSPS) is 8.76. The Labute approximate surface area is 117 Å². The Morgan fingerprint density at radius 1 is 0.524 bits per heavy atom. The molecule has 5 N–H and O–H groups in total. The van der Waals surface area contributed by atoms with Gasteiger partial charge in [0, 0.05) is 30.4 Å². The summed E-state index contributed by atoms with van der Waals surface area (Å²) in [7, 11) is 0. The van der Waals surface area contributed by atoms with E-state index >= 15 is 0 Å². The van der Waals surface area contributed by atoms with E-state index in [1.807, 2.05) is 0 Å². The van der Waals surface area contributed by atoms with Crippen molar-refractivity contribution in [3.05, 3.63) is 37.0 Å². The first-order valence-corrected chi connectivity index (χ1v) is 4.66. The molecule has 0 radical (unpaired) electrons. The Hall–Kier alpha value is -3.43. The van der Waals surface area contributed by atoms with Crippen molar-refractivity contribution in [1.82, 2.24) is 0 Å². The lowest BCUT2D eigenvalue weighted by atomic mass is 10.5. The summed E-state index contributed by atoms with van der Waals surface area (Å²) in [4.78, 5) is 47.5. The van der Waals surface area contributed by atoms with Crippen LogP contribution in [0.2, 0.25) is 0 Å². The second kappa shape index (κ2) is 14.6. The van der Waals surface area contributed by atoms with Gasteiger partial charge in [-0.1, -0.05) is 6.58 Å². The van der Waals surface area contributed by atoms with Gasteiger partial charge in [0.2, 0.25) is 0 Å². The fourth-order valence-electron chi connectivity index (χ4n) is 0.285. The minimum Gasteiger partial charge on any atom is -0.478 e. The second-order valence-corrected chi connectivity index (χ2v) is 2.56. The number of hydrogen-bond acceptors (Lipinski definition) is 5. The molecule has 0 atom stereocenters. The van der Waals surface area contributed by atoms with Gasteiger partial charge in [0.05, 0.1) is 0 Å². The van der Waals surface area contributed by atoms with Crippen LogP contribution in [0.4, 0.5) is 0 Å². The van der Waals surface area contributed by atoms with Gasteiger partial charge in [0.15, 0.2) is 0 Å². The SMILES string of the molecule is C=CC(=O)O.O=C(O)/C=C\C(=O)O.O=C(O)/C=C\C(=O)O. The maximum absolute atomic E-state index is 9.55. The molecule has 0 heterocycles. The first kappa shape index (κ1) is 22.7. The molecule has 10 heteroatoms. The summed E-state index contributed by atoms with van der Waals surface area (Å²) >= 11 is 0. The summed E-state index contributed by atoms with van der Waals surface area (Å²) in [6, 6.07) is 0. The molecule has 0 aliphatic rings. The van der Waals surface area contributed by atoms with E-state index in [0.29, 0.717) is 24.3 Å². The van der Waals surface area contributed by atoms with E-state index in [-0.39, 0.29) is 0 Å². The van der Waals surface area contributed by atoms with Crippen molar-refractivity contribution in [1.29, 1.82) is 0 Å². The molecule has 0 saturated heterocycles. The van der Waals surface area contributed by atoms with Crippen LogP contribution in [0.15, 0.2) is 37.0 Å². The molecule has 0 bridgehead atoms. The lowest BCUT2D eigenvalue weighted by molar-refractivity contribution is -0.134. The predicted octanol–water partition coefficient (Wildman–Crippen LogP) is -0.319. The van der Waals surface area contributed by atoms with Gasteiger partial charge in [-0.05, 0) is 0 Å². The summed E-state index contributed by atoms with van der Waals surface area (Å²) in [6.45, 7) is 2.96.